The molecule has 0 aromatic heterocycles. The summed E-state index contributed by atoms with van der Waals surface area (Å²) in [5.41, 5.74) is 2.73. The van der Waals surface area contributed by atoms with Crippen molar-refractivity contribution in [2.24, 2.45) is 5.41 Å². The normalized spacial score (nSPS) is 16.1. The van der Waals surface area contributed by atoms with Crippen molar-refractivity contribution in [3.8, 4) is 0 Å². The van der Waals surface area contributed by atoms with E-state index >= 15 is 0 Å². The number of hydrogen-bond donors (Lipinski definition) is 1. The van der Waals surface area contributed by atoms with E-state index < -0.39 is 0 Å². The lowest BCUT2D eigenvalue weighted by Gasteiger charge is -2.37. The Kier molecular flexibility index (Phi) is 5.65. The number of piperazine rings is 1. The molecule has 0 aliphatic carbocycles. The fraction of sp³-hybridized carbons (Fsp3) is 0.579. The molecule has 1 aliphatic heterocycles. The summed E-state index contributed by atoms with van der Waals surface area (Å²) in [6, 6.07) is 6.05. The average molecular weight is 331 g/mol. The van der Waals surface area contributed by atoms with E-state index in [9.17, 15) is 9.59 Å². The number of nitrogens with one attached hydrogen (secondary N) is 1. The Labute approximate surface area is 145 Å². The fourth-order valence-electron chi connectivity index (χ4n) is 2.85. The summed E-state index contributed by atoms with van der Waals surface area (Å²) < 4.78 is 0. The highest BCUT2D eigenvalue weighted by Crippen LogP contribution is 2.19. The lowest BCUT2D eigenvalue weighted by atomic mass is 9.94. The van der Waals surface area contributed by atoms with Crippen molar-refractivity contribution >= 4 is 17.5 Å². The first-order valence-electron chi connectivity index (χ1n) is 8.55. The van der Waals surface area contributed by atoms with Crippen LogP contribution in [0.4, 0.5) is 5.69 Å². The van der Waals surface area contributed by atoms with Crippen LogP contribution in [0, 0.1) is 19.3 Å². The smallest absolute Gasteiger partial charge is 0.238 e. The molecule has 5 heteroatoms. The van der Waals surface area contributed by atoms with Gasteiger partial charge in [0.2, 0.25) is 11.8 Å². The number of carbonyl (C=O) groups excluding carboxylic acids is 2. The minimum absolute atomic E-state index is 0.000650. The molecule has 0 spiro atoms. The van der Waals surface area contributed by atoms with Gasteiger partial charge in [-0.25, -0.2) is 0 Å². The maximum atomic E-state index is 12.3. The Bertz CT molecular complexity index is 612. The Morgan fingerprint density at radius 2 is 1.71 bits per heavy atom. The zero-order chi connectivity index (χ0) is 17.9. The first-order chi connectivity index (χ1) is 11.2. The summed E-state index contributed by atoms with van der Waals surface area (Å²) in [6.45, 7) is 13.1. The van der Waals surface area contributed by atoms with Gasteiger partial charge in [0, 0.05) is 37.3 Å². The number of hydrogen-bond acceptors (Lipinski definition) is 3. The Morgan fingerprint density at radius 1 is 1.08 bits per heavy atom. The van der Waals surface area contributed by atoms with Crippen molar-refractivity contribution in [1.82, 2.24) is 9.80 Å². The van der Waals surface area contributed by atoms with Gasteiger partial charge in [-0.1, -0.05) is 32.9 Å². The third-order valence-electron chi connectivity index (χ3n) is 4.34. The van der Waals surface area contributed by atoms with E-state index in [0.717, 1.165) is 29.9 Å². The van der Waals surface area contributed by atoms with Crippen LogP contribution < -0.4 is 5.32 Å². The molecule has 2 rings (SSSR count). The van der Waals surface area contributed by atoms with Gasteiger partial charge in [0.1, 0.15) is 0 Å². The zero-order valence-electron chi connectivity index (χ0n) is 15.5. The monoisotopic (exact) mass is 331 g/mol. The van der Waals surface area contributed by atoms with Gasteiger partial charge in [0.25, 0.3) is 0 Å². The fourth-order valence-corrected chi connectivity index (χ4v) is 2.85. The molecule has 1 aromatic rings. The summed E-state index contributed by atoms with van der Waals surface area (Å²) >= 11 is 0. The second-order valence-electron chi connectivity index (χ2n) is 7.68. The third kappa shape index (κ3) is 4.81. The number of amides is 2. The van der Waals surface area contributed by atoms with E-state index in [1.807, 2.05) is 57.7 Å². The summed E-state index contributed by atoms with van der Waals surface area (Å²) in [5.74, 6) is 0.182. The molecule has 0 saturated carbocycles. The largest absolute Gasteiger partial charge is 0.340 e. The van der Waals surface area contributed by atoms with Gasteiger partial charge >= 0.3 is 0 Å². The quantitative estimate of drug-likeness (QED) is 0.925. The maximum Gasteiger partial charge on any atom is 0.238 e. The Morgan fingerprint density at radius 3 is 2.29 bits per heavy atom. The molecule has 132 valence electrons. The van der Waals surface area contributed by atoms with Gasteiger partial charge in [-0.2, -0.15) is 0 Å². The van der Waals surface area contributed by atoms with Crippen LogP contribution in [0.5, 0.6) is 0 Å². The van der Waals surface area contributed by atoms with Gasteiger partial charge in [0.15, 0.2) is 0 Å². The minimum Gasteiger partial charge on any atom is -0.340 e. The Balaban J connectivity index is 1.84. The van der Waals surface area contributed by atoms with Crippen molar-refractivity contribution in [3.05, 3.63) is 29.3 Å². The van der Waals surface area contributed by atoms with Crippen LogP contribution in [0.1, 0.15) is 31.9 Å². The third-order valence-corrected chi connectivity index (χ3v) is 4.34. The first kappa shape index (κ1) is 18.5. The second-order valence-corrected chi connectivity index (χ2v) is 7.68. The molecule has 0 unspecified atom stereocenters. The highest BCUT2D eigenvalue weighted by Gasteiger charge is 2.30. The van der Waals surface area contributed by atoms with Crippen molar-refractivity contribution < 1.29 is 9.59 Å². The van der Waals surface area contributed by atoms with Gasteiger partial charge in [-0.3, -0.25) is 14.5 Å². The molecule has 1 saturated heterocycles. The summed E-state index contributed by atoms with van der Waals surface area (Å²) in [7, 11) is 0. The van der Waals surface area contributed by atoms with Crippen LogP contribution in [0.3, 0.4) is 0 Å². The van der Waals surface area contributed by atoms with Gasteiger partial charge in [-0.15, -0.1) is 0 Å². The molecule has 1 N–H and O–H groups in total. The van der Waals surface area contributed by atoms with Crippen molar-refractivity contribution in [2.45, 2.75) is 34.6 Å². The molecular formula is C19H29N3O2. The second kappa shape index (κ2) is 7.34. The lowest BCUT2D eigenvalue weighted by Crippen LogP contribution is -2.52. The zero-order valence-corrected chi connectivity index (χ0v) is 15.5. The molecule has 5 nitrogen and oxygen atoms in total. The molecule has 0 bridgehead atoms. The number of rotatable bonds is 3. The van der Waals surface area contributed by atoms with E-state index in [-0.39, 0.29) is 17.2 Å². The number of carbonyl (C=O) groups is 2. The van der Waals surface area contributed by atoms with Crippen molar-refractivity contribution in [1.29, 1.82) is 0 Å². The van der Waals surface area contributed by atoms with E-state index in [2.05, 4.69) is 10.2 Å². The maximum absolute atomic E-state index is 12.3. The van der Waals surface area contributed by atoms with Crippen LogP contribution in [-0.2, 0) is 9.59 Å². The Hall–Kier alpha value is -1.88. The molecule has 1 fully saturated rings. The number of benzene rings is 1. The number of anilines is 1. The minimum atomic E-state index is -0.345. The topological polar surface area (TPSA) is 52.7 Å². The SMILES string of the molecule is Cc1ccc(C)c(NC(=O)CN2CCN(C(=O)C(C)(C)C)CC2)c1. The predicted octanol–water partition coefficient (Wildman–Crippen LogP) is 2.43. The van der Waals surface area contributed by atoms with Gasteiger partial charge < -0.3 is 10.2 Å². The molecule has 24 heavy (non-hydrogen) atoms. The van der Waals surface area contributed by atoms with Crippen LogP contribution in [0.25, 0.3) is 0 Å². The van der Waals surface area contributed by atoms with Crippen LogP contribution >= 0.6 is 0 Å². The molecule has 2 amide bonds. The van der Waals surface area contributed by atoms with Gasteiger partial charge in [0.05, 0.1) is 6.54 Å². The average Bonchev–Trinajstić information content (AvgIpc) is 2.50. The molecule has 0 atom stereocenters. The highest BCUT2D eigenvalue weighted by molar-refractivity contribution is 5.93. The molecule has 1 heterocycles. The summed E-state index contributed by atoms with van der Waals surface area (Å²) in [4.78, 5) is 28.6. The van der Waals surface area contributed by atoms with Crippen LogP contribution in [0.2, 0.25) is 0 Å². The van der Waals surface area contributed by atoms with Crippen LogP contribution in [0.15, 0.2) is 18.2 Å². The van der Waals surface area contributed by atoms with E-state index in [4.69, 9.17) is 0 Å². The predicted molar refractivity (Wildman–Crippen MR) is 97.0 cm³/mol. The number of nitrogens with zero attached hydrogens (tertiary/aromatic N) is 2. The first-order valence-corrected chi connectivity index (χ1v) is 8.55. The molecule has 1 aromatic carbocycles. The van der Waals surface area contributed by atoms with Gasteiger partial charge in [-0.05, 0) is 31.0 Å². The van der Waals surface area contributed by atoms with E-state index in [1.54, 1.807) is 0 Å². The van der Waals surface area contributed by atoms with E-state index in [0.29, 0.717) is 19.6 Å². The summed E-state index contributed by atoms with van der Waals surface area (Å²) in [6.07, 6.45) is 0. The summed E-state index contributed by atoms with van der Waals surface area (Å²) in [5, 5.41) is 3.00. The highest BCUT2D eigenvalue weighted by atomic mass is 16.2. The molecular weight excluding hydrogens is 302 g/mol. The van der Waals surface area contributed by atoms with Crippen molar-refractivity contribution in [3.63, 3.8) is 0 Å². The van der Waals surface area contributed by atoms with Crippen molar-refractivity contribution in [2.75, 3.05) is 38.0 Å². The van der Waals surface area contributed by atoms with E-state index in [1.165, 1.54) is 0 Å². The van der Waals surface area contributed by atoms with Crippen LogP contribution in [-0.4, -0.2) is 54.3 Å². The standard InChI is InChI=1S/C19H29N3O2/c1-14-6-7-15(2)16(12-14)20-17(23)13-21-8-10-22(11-9-21)18(24)19(3,4)5/h6-7,12H,8-11,13H2,1-5H3,(H,20,23). The molecule has 0 radical (unpaired) electrons. The molecule has 1 aliphatic rings. The number of aryl methyl sites for hydroxylation is 2. The lowest BCUT2D eigenvalue weighted by molar-refractivity contribution is -0.141.